The van der Waals surface area contributed by atoms with Crippen molar-refractivity contribution in [2.24, 2.45) is 0 Å². The van der Waals surface area contributed by atoms with Crippen LogP contribution in [0.25, 0.3) is 0 Å². The molecule has 11 heavy (non-hydrogen) atoms. The predicted octanol–water partition coefficient (Wildman–Crippen LogP) is 2.89. The Morgan fingerprint density at radius 3 is 2.27 bits per heavy atom. The molecule has 0 radical (unpaired) electrons. The standard InChI is InChI=1S/C9H15NS/c1-7(2)10-8(3)6-9(4)11-5/h6,10H,1,4H2,2-3,5H3/b8-6+. The third-order valence-electron chi connectivity index (χ3n) is 1.05. The van der Waals surface area contributed by atoms with Crippen molar-refractivity contribution in [2.45, 2.75) is 13.8 Å². The lowest BCUT2D eigenvalue weighted by Gasteiger charge is -2.04. The molecule has 1 N–H and O–H groups in total. The molecular weight excluding hydrogens is 154 g/mol. The summed E-state index contributed by atoms with van der Waals surface area (Å²) >= 11 is 1.64. The summed E-state index contributed by atoms with van der Waals surface area (Å²) in [6, 6.07) is 0. The van der Waals surface area contributed by atoms with Crippen molar-refractivity contribution < 1.29 is 0 Å². The minimum Gasteiger partial charge on any atom is -0.363 e. The first-order valence-corrected chi connectivity index (χ1v) is 4.62. The molecule has 0 heterocycles. The van der Waals surface area contributed by atoms with E-state index < -0.39 is 0 Å². The average Bonchev–Trinajstić information content (AvgIpc) is 1.85. The fourth-order valence-electron chi connectivity index (χ4n) is 0.673. The van der Waals surface area contributed by atoms with Crippen LogP contribution in [0.1, 0.15) is 13.8 Å². The van der Waals surface area contributed by atoms with Gasteiger partial charge in [-0.05, 0) is 26.2 Å². The van der Waals surface area contributed by atoms with Gasteiger partial charge in [-0.3, -0.25) is 0 Å². The summed E-state index contributed by atoms with van der Waals surface area (Å²) in [5, 5.41) is 3.10. The van der Waals surface area contributed by atoms with Crippen LogP contribution in [-0.4, -0.2) is 6.26 Å². The summed E-state index contributed by atoms with van der Waals surface area (Å²) in [6.45, 7) is 11.5. The Morgan fingerprint density at radius 1 is 1.36 bits per heavy atom. The lowest BCUT2D eigenvalue weighted by atomic mass is 10.4. The van der Waals surface area contributed by atoms with Gasteiger partial charge in [0.2, 0.25) is 0 Å². The number of allylic oxidation sites excluding steroid dienone is 3. The van der Waals surface area contributed by atoms with Crippen LogP contribution in [0.5, 0.6) is 0 Å². The summed E-state index contributed by atoms with van der Waals surface area (Å²) < 4.78 is 0. The number of nitrogens with one attached hydrogen (secondary N) is 1. The van der Waals surface area contributed by atoms with Crippen molar-refractivity contribution >= 4 is 11.8 Å². The summed E-state index contributed by atoms with van der Waals surface area (Å²) in [5.41, 5.74) is 2.03. The lowest BCUT2D eigenvalue weighted by molar-refractivity contribution is 0.975. The van der Waals surface area contributed by atoms with E-state index in [1.807, 2.05) is 26.2 Å². The summed E-state index contributed by atoms with van der Waals surface area (Å²) in [4.78, 5) is 1.05. The third kappa shape index (κ3) is 5.80. The predicted molar refractivity (Wildman–Crippen MR) is 54.4 cm³/mol. The molecule has 0 saturated heterocycles. The molecule has 0 aromatic carbocycles. The smallest absolute Gasteiger partial charge is 0.0127 e. The number of hydrogen-bond acceptors (Lipinski definition) is 2. The molecule has 1 nitrogen and oxygen atoms in total. The Labute approximate surface area is 73.3 Å². The average molecular weight is 169 g/mol. The van der Waals surface area contributed by atoms with Crippen LogP contribution in [-0.2, 0) is 0 Å². The van der Waals surface area contributed by atoms with Gasteiger partial charge in [0, 0.05) is 16.3 Å². The van der Waals surface area contributed by atoms with Crippen molar-refractivity contribution in [2.75, 3.05) is 6.26 Å². The van der Waals surface area contributed by atoms with Crippen LogP contribution in [0.2, 0.25) is 0 Å². The monoisotopic (exact) mass is 169 g/mol. The number of hydrogen-bond donors (Lipinski definition) is 1. The Morgan fingerprint density at radius 2 is 1.91 bits per heavy atom. The van der Waals surface area contributed by atoms with Crippen LogP contribution in [0.3, 0.4) is 0 Å². The van der Waals surface area contributed by atoms with Crippen molar-refractivity contribution in [1.82, 2.24) is 5.32 Å². The minimum absolute atomic E-state index is 0.952. The normalized spacial score (nSPS) is 11.0. The Bertz CT molecular complexity index is 192. The molecule has 0 spiro atoms. The fourth-order valence-corrected chi connectivity index (χ4v) is 0.968. The highest BCUT2D eigenvalue weighted by atomic mass is 32.2. The largest absolute Gasteiger partial charge is 0.363 e. The van der Waals surface area contributed by atoms with Gasteiger partial charge in [-0.1, -0.05) is 13.2 Å². The van der Waals surface area contributed by atoms with Gasteiger partial charge in [0.15, 0.2) is 0 Å². The molecule has 0 aromatic heterocycles. The van der Waals surface area contributed by atoms with Crippen molar-refractivity contribution in [1.29, 1.82) is 0 Å². The molecular formula is C9H15NS. The Balaban J connectivity index is 4.00. The minimum atomic E-state index is 0.952. The van der Waals surface area contributed by atoms with E-state index in [0.717, 1.165) is 16.3 Å². The maximum absolute atomic E-state index is 3.84. The maximum atomic E-state index is 3.84. The fraction of sp³-hybridized carbons (Fsp3) is 0.333. The number of rotatable bonds is 4. The highest BCUT2D eigenvalue weighted by Gasteiger charge is 1.88. The van der Waals surface area contributed by atoms with Gasteiger partial charge >= 0.3 is 0 Å². The van der Waals surface area contributed by atoms with Gasteiger partial charge in [-0.2, -0.15) is 0 Å². The van der Waals surface area contributed by atoms with Crippen LogP contribution < -0.4 is 5.32 Å². The topological polar surface area (TPSA) is 12.0 Å². The summed E-state index contributed by atoms with van der Waals surface area (Å²) in [6.07, 6.45) is 4.01. The van der Waals surface area contributed by atoms with E-state index in [1.54, 1.807) is 11.8 Å². The first-order chi connectivity index (χ1) is 5.06. The molecule has 0 bridgehead atoms. The van der Waals surface area contributed by atoms with E-state index >= 15 is 0 Å². The zero-order chi connectivity index (χ0) is 8.85. The van der Waals surface area contributed by atoms with Crippen LogP contribution in [0.15, 0.2) is 35.5 Å². The van der Waals surface area contributed by atoms with E-state index in [-0.39, 0.29) is 0 Å². The molecule has 0 unspecified atom stereocenters. The lowest BCUT2D eigenvalue weighted by Crippen LogP contribution is -2.06. The zero-order valence-electron chi connectivity index (χ0n) is 7.40. The molecule has 0 aliphatic heterocycles. The highest BCUT2D eigenvalue weighted by Crippen LogP contribution is 2.11. The molecule has 0 aromatic rings. The van der Waals surface area contributed by atoms with Crippen molar-refractivity contribution in [3.63, 3.8) is 0 Å². The van der Waals surface area contributed by atoms with E-state index in [2.05, 4.69) is 18.5 Å². The molecule has 0 amide bonds. The van der Waals surface area contributed by atoms with Gasteiger partial charge < -0.3 is 5.32 Å². The molecule has 0 aliphatic carbocycles. The molecule has 0 fully saturated rings. The maximum Gasteiger partial charge on any atom is 0.0127 e. The summed E-state index contributed by atoms with van der Waals surface area (Å²) in [5.74, 6) is 0. The van der Waals surface area contributed by atoms with Crippen molar-refractivity contribution in [3.05, 3.63) is 35.5 Å². The third-order valence-corrected chi connectivity index (χ3v) is 1.69. The first-order valence-electron chi connectivity index (χ1n) is 3.40. The molecule has 0 atom stereocenters. The molecule has 62 valence electrons. The Hall–Kier alpha value is -0.630. The molecule has 0 aliphatic rings. The first kappa shape index (κ1) is 10.4. The van der Waals surface area contributed by atoms with Gasteiger partial charge in [-0.25, -0.2) is 0 Å². The van der Waals surface area contributed by atoms with Crippen LogP contribution >= 0.6 is 11.8 Å². The van der Waals surface area contributed by atoms with Crippen LogP contribution in [0, 0.1) is 0 Å². The van der Waals surface area contributed by atoms with Crippen LogP contribution in [0.4, 0.5) is 0 Å². The van der Waals surface area contributed by atoms with Gasteiger partial charge in [0.05, 0.1) is 0 Å². The van der Waals surface area contributed by atoms with Gasteiger partial charge in [0.1, 0.15) is 0 Å². The van der Waals surface area contributed by atoms with Crippen molar-refractivity contribution in [3.8, 4) is 0 Å². The SMILES string of the molecule is C=C(C)N/C(C)=C/C(=C)SC. The second-order valence-corrected chi connectivity index (χ2v) is 3.34. The van der Waals surface area contributed by atoms with E-state index in [1.165, 1.54) is 0 Å². The van der Waals surface area contributed by atoms with E-state index in [9.17, 15) is 0 Å². The summed E-state index contributed by atoms with van der Waals surface area (Å²) in [7, 11) is 0. The van der Waals surface area contributed by atoms with E-state index in [0.29, 0.717) is 0 Å². The molecule has 0 saturated carbocycles. The molecule has 2 heteroatoms. The Kier molecular flexibility index (Phi) is 4.79. The highest BCUT2D eigenvalue weighted by molar-refractivity contribution is 8.02. The van der Waals surface area contributed by atoms with Gasteiger partial charge in [-0.15, -0.1) is 11.8 Å². The quantitative estimate of drug-likeness (QED) is 0.649. The second kappa shape index (κ2) is 5.08. The number of thioether (sulfide) groups is 1. The van der Waals surface area contributed by atoms with Gasteiger partial charge in [0.25, 0.3) is 0 Å². The zero-order valence-corrected chi connectivity index (χ0v) is 8.22. The van der Waals surface area contributed by atoms with E-state index in [4.69, 9.17) is 0 Å². The molecule has 0 rings (SSSR count). The second-order valence-electron chi connectivity index (χ2n) is 2.40.